The van der Waals surface area contributed by atoms with Gasteiger partial charge >= 0.3 is 0 Å². The summed E-state index contributed by atoms with van der Waals surface area (Å²) in [5.41, 5.74) is 1.79. The van der Waals surface area contributed by atoms with Crippen molar-refractivity contribution in [1.82, 2.24) is 10.2 Å². The molecule has 0 bridgehead atoms. The zero-order valence-electron chi connectivity index (χ0n) is 18.7. The van der Waals surface area contributed by atoms with Crippen LogP contribution in [0.2, 0.25) is 20.1 Å². The van der Waals surface area contributed by atoms with E-state index in [-0.39, 0.29) is 24.1 Å². The monoisotopic (exact) mass is 548 g/mol. The molecule has 0 aliphatic rings. The largest absolute Gasteiger partial charge is 0.354 e. The second-order valence-corrected chi connectivity index (χ2v) is 10.2. The molecule has 2 rings (SSSR count). The van der Waals surface area contributed by atoms with E-state index in [1.807, 2.05) is 19.1 Å². The van der Waals surface area contributed by atoms with Crippen molar-refractivity contribution in [1.29, 1.82) is 0 Å². The first-order valence-electron chi connectivity index (χ1n) is 10.8. The maximum Gasteiger partial charge on any atom is 0.242 e. The molecule has 0 heterocycles. The van der Waals surface area contributed by atoms with Crippen LogP contribution in [0.3, 0.4) is 0 Å². The number of hydrogen-bond donors (Lipinski definition) is 1. The predicted octanol–water partition coefficient (Wildman–Crippen LogP) is 7.26. The number of nitrogens with zero attached hydrogens (tertiary/aromatic N) is 1. The van der Waals surface area contributed by atoms with Crippen molar-refractivity contribution in [2.45, 2.75) is 51.4 Å². The van der Waals surface area contributed by atoms with E-state index in [2.05, 4.69) is 12.2 Å². The minimum absolute atomic E-state index is 0.122. The molecule has 180 valence electrons. The van der Waals surface area contributed by atoms with Gasteiger partial charge in [0.15, 0.2) is 0 Å². The van der Waals surface area contributed by atoms with E-state index in [9.17, 15) is 9.59 Å². The first kappa shape index (κ1) is 28.1. The van der Waals surface area contributed by atoms with Crippen LogP contribution < -0.4 is 5.32 Å². The highest BCUT2D eigenvalue weighted by Gasteiger charge is 2.28. The van der Waals surface area contributed by atoms with Gasteiger partial charge in [0.1, 0.15) is 6.04 Å². The number of unbranched alkanes of at least 4 members (excludes halogenated alkanes) is 1. The number of hydrogen-bond acceptors (Lipinski definition) is 3. The maximum absolute atomic E-state index is 13.3. The Morgan fingerprint density at radius 2 is 1.55 bits per heavy atom. The van der Waals surface area contributed by atoms with E-state index in [0.29, 0.717) is 38.8 Å². The van der Waals surface area contributed by atoms with Gasteiger partial charge in [0.2, 0.25) is 11.8 Å². The highest BCUT2D eigenvalue weighted by molar-refractivity contribution is 7.99. The first-order chi connectivity index (χ1) is 15.8. The van der Waals surface area contributed by atoms with Gasteiger partial charge in [-0.25, -0.2) is 0 Å². The van der Waals surface area contributed by atoms with Crippen LogP contribution in [0.4, 0.5) is 0 Å². The Bertz CT molecular complexity index is 958. The number of amides is 2. The summed E-state index contributed by atoms with van der Waals surface area (Å²) in [6.45, 7) is 4.83. The van der Waals surface area contributed by atoms with Crippen molar-refractivity contribution >= 4 is 70.0 Å². The number of benzene rings is 2. The summed E-state index contributed by atoms with van der Waals surface area (Å²) in [7, 11) is 0. The van der Waals surface area contributed by atoms with Gasteiger partial charge in [0.05, 0.1) is 25.8 Å². The maximum atomic E-state index is 13.3. The summed E-state index contributed by atoms with van der Waals surface area (Å²) >= 11 is 25.7. The Morgan fingerprint density at radius 1 is 0.939 bits per heavy atom. The number of rotatable bonds is 12. The van der Waals surface area contributed by atoms with Gasteiger partial charge in [-0.1, -0.05) is 78.8 Å². The summed E-state index contributed by atoms with van der Waals surface area (Å²) in [6, 6.07) is 10.1. The van der Waals surface area contributed by atoms with Gasteiger partial charge in [0, 0.05) is 18.8 Å². The molecule has 0 saturated heterocycles. The number of nitrogens with one attached hydrogen (secondary N) is 1. The molecule has 0 aliphatic carbocycles. The molecule has 0 saturated carbocycles. The molecule has 2 amide bonds. The molecule has 33 heavy (non-hydrogen) atoms. The number of carbonyl (C=O) groups is 2. The molecule has 0 fully saturated rings. The van der Waals surface area contributed by atoms with Crippen LogP contribution >= 0.6 is 58.2 Å². The van der Waals surface area contributed by atoms with Gasteiger partial charge in [-0.15, -0.1) is 11.8 Å². The highest BCUT2D eigenvalue weighted by atomic mass is 35.5. The van der Waals surface area contributed by atoms with Crippen LogP contribution in [0.15, 0.2) is 36.4 Å². The lowest BCUT2D eigenvalue weighted by molar-refractivity contribution is -0.139. The molecule has 1 unspecified atom stereocenters. The van der Waals surface area contributed by atoms with E-state index in [1.54, 1.807) is 29.2 Å². The molecule has 1 atom stereocenters. The zero-order valence-corrected chi connectivity index (χ0v) is 22.5. The zero-order chi connectivity index (χ0) is 24.4. The summed E-state index contributed by atoms with van der Waals surface area (Å²) in [5, 5.41) is 4.79. The molecule has 2 aromatic carbocycles. The van der Waals surface area contributed by atoms with Crippen molar-refractivity contribution in [3.8, 4) is 0 Å². The lowest BCUT2D eigenvalue weighted by atomic mass is 10.1. The molecule has 4 nitrogen and oxygen atoms in total. The van der Waals surface area contributed by atoms with Gasteiger partial charge in [-0.05, 0) is 48.2 Å². The minimum Gasteiger partial charge on any atom is -0.354 e. The van der Waals surface area contributed by atoms with Crippen LogP contribution in [-0.4, -0.2) is 35.1 Å². The second-order valence-electron chi connectivity index (χ2n) is 7.58. The summed E-state index contributed by atoms with van der Waals surface area (Å²) in [4.78, 5) is 27.8. The number of halogens is 4. The highest BCUT2D eigenvalue weighted by Crippen LogP contribution is 2.26. The van der Waals surface area contributed by atoms with Crippen molar-refractivity contribution in [3.63, 3.8) is 0 Å². The predicted molar refractivity (Wildman–Crippen MR) is 142 cm³/mol. The number of carbonyl (C=O) groups excluding carboxylic acids is 2. The molecule has 0 radical (unpaired) electrons. The van der Waals surface area contributed by atoms with E-state index >= 15 is 0 Å². The molecule has 9 heteroatoms. The van der Waals surface area contributed by atoms with Crippen LogP contribution in [0.5, 0.6) is 0 Å². The molecular formula is C24H28Cl4N2O2S. The third kappa shape index (κ3) is 8.88. The SMILES string of the molecule is CCCCNC(=O)C(CC)N(Cc1ccc(Cl)c(Cl)c1)C(=O)CSCc1ccc(Cl)c(Cl)c1. The minimum atomic E-state index is -0.575. The fourth-order valence-corrected chi connectivity index (χ4v) is 4.73. The Kier molecular flexibility index (Phi) is 12.2. The lowest BCUT2D eigenvalue weighted by Gasteiger charge is -2.30. The van der Waals surface area contributed by atoms with Crippen LogP contribution in [-0.2, 0) is 21.9 Å². The molecule has 0 spiro atoms. The van der Waals surface area contributed by atoms with Crippen LogP contribution in [0.1, 0.15) is 44.2 Å². The molecule has 1 N–H and O–H groups in total. The van der Waals surface area contributed by atoms with Gasteiger partial charge in [0.25, 0.3) is 0 Å². The molecular weight excluding hydrogens is 522 g/mol. The fraction of sp³-hybridized carbons (Fsp3) is 0.417. The Morgan fingerprint density at radius 3 is 2.12 bits per heavy atom. The first-order valence-corrected chi connectivity index (χ1v) is 13.5. The summed E-state index contributed by atoms with van der Waals surface area (Å²) in [6.07, 6.45) is 2.37. The quantitative estimate of drug-likeness (QED) is 0.283. The van der Waals surface area contributed by atoms with Gasteiger partial charge in [-0.2, -0.15) is 0 Å². The average Bonchev–Trinajstić information content (AvgIpc) is 2.78. The fourth-order valence-electron chi connectivity index (χ4n) is 3.23. The molecule has 0 aliphatic heterocycles. The average molecular weight is 550 g/mol. The van der Waals surface area contributed by atoms with Crippen molar-refractivity contribution in [2.24, 2.45) is 0 Å². The van der Waals surface area contributed by atoms with Crippen LogP contribution in [0, 0.1) is 0 Å². The molecule has 0 aromatic heterocycles. The van der Waals surface area contributed by atoms with E-state index < -0.39 is 6.04 Å². The van der Waals surface area contributed by atoms with Gasteiger partial charge in [-0.3, -0.25) is 9.59 Å². The van der Waals surface area contributed by atoms with Crippen molar-refractivity contribution < 1.29 is 9.59 Å². The standard InChI is InChI=1S/C24H28Cl4N2O2S/c1-3-5-10-29-24(32)22(4-2)30(13-16-6-8-18(25)20(27)11-16)23(31)15-33-14-17-7-9-19(26)21(28)12-17/h6-9,11-12,22H,3-5,10,13-15H2,1-2H3,(H,29,32). The van der Waals surface area contributed by atoms with Crippen molar-refractivity contribution in [2.75, 3.05) is 12.3 Å². The van der Waals surface area contributed by atoms with Crippen LogP contribution in [0.25, 0.3) is 0 Å². The number of thioether (sulfide) groups is 1. The smallest absolute Gasteiger partial charge is 0.242 e. The normalized spacial score (nSPS) is 11.8. The summed E-state index contributed by atoms with van der Waals surface area (Å²) in [5.74, 6) is 0.556. The molecule has 2 aromatic rings. The lowest BCUT2D eigenvalue weighted by Crippen LogP contribution is -2.49. The van der Waals surface area contributed by atoms with E-state index in [0.717, 1.165) is 24.0 Å². The second kappa shape index (κ2) is 14.3. The third-order valence-electron chi connectivity index (χ3n) is 5.03. The Balaban J connectivity index is 2.14. The third-order valence-corrected chi connectivity index (χ3v) is 7.50. The topological polar surface area (TPSA) is 49.4 Å². The summed E-state index contributed by atoms with van der Waals surface area (Å²) < 4.78 is 0. The Labute approximate surface area is 220 Å². The van der Waals surface area contributed by atoms with Gasteiger partial charge < -0.3 is 10.2 Å². The van der Waals surface area contributed by atoms with E-state index in [4.69, 9.17) is 46.4 Å². The Hall–Kier alpha value is -1.11. The van der Waals surface area contributed by atoms with Crippen molar-refractivity contribution in [3.05, 3.63) is 67.6 Å². The van der Waals surface area contributed by atoms with E-state index in [1.165, 1.54) is 11.8 Å².